The molecule has 150 valence electrons. The maximum Gasteiger partial charge on any atom is 0.253 e. The van der Waals surface area contributed by atoms with Gasteiger partial charge in [0.1, 0.15) is 6.17 Å². The Kier molecular flexibility index (Phi) is 5.60. The van der Waals surface area contributed by atoms with Crippen LogP contribution in [0.1, 0.15) is 56.8 Å². The highest BCUT2D eigenvalue weighted by Crippen LogP contribution is 2.29. The summed E-state index contributed by atoms with van der Waals surface area (Å²) in [5, 5.41) is 13.2. The van der Waals surface area contributed by atoms with Crippen molar-refractivity contribution in [2.45, 2.75) is 70.3 Å². The lowest BCUT2D eigenvalue weighted by Gasteiger charge is -2.30. The second kappa shape index (κ2) is 7.62. The van der Waals surface area contributed by atoms with E-state index in [4.69, 9.17) is 0 Å². The average molecular weight is 379 g/mol. The van der Waals surface area contributed by atoms with E-state index in [2.05, 4.69) is 26.1 Å². The predicted molar refractivity (Wildman–Crippen MR) is 100 cm³/mol. The molecule has 1 saturated carbocycles. The molecule has 1 aromatic rings. The van der Waals surface area contributed by atoms with Crippen molar-refractivity contribution in [3.05, 3.63) is 24.0 Å². The van der Waals surface area contributed by atoms with Crippen molar-refractivity contribution >= 4 is 11.8 Å². The molecule has 1 aromatic heterocycles. The molecule has 1 saturated heterocycles. The molecular weight excluding hydrogens is 349 g/mol. The third-order valence-corrected chi connectivity index (χ3v) is 5.66. The Labute approximate surface area is 159 Å². The van der Waals surface area contributed by atoms with E-state index in [9.17, 15) is 19.1 Å². The molecular formula is C20H30FN3O3. The predicted octanol–water partition coefficient (Wildman–Crippen LogP) is 2.07. The maximum atomic E-state index is 13.3. The van der Waals surface area contributed by atoms with Gasteiger partial charge in [0.15, 0.2) is 0 Å². The number of carbonyl (C=O) groups is 2. The zero-order chi connectivity index (χ0) is 19.8. The second-order valence-electron chi connectivity index (χ2n) is 8.79. The van der Waals surface area contributed by atoms with Gasteiger partial charge < -0.3 is 19.9 Å². The summed E-state index contributed by atoms with van der Waals surface area (Å²) in [6.07, 6.45) is 3.60. The van der Waals surface area contributed by atoms with Crippen LogP contribution in [0, 0.1) is 5.92 Å². The number of aromatic nitrogens is 1. The molecule has 0 aromatic carbocycles. The molecule has 2 N–H and O–H groups in total. The van der Waals surface area contributed by atoms with E-state index in [-0.39, 0.29) is 23.3 Å². The van der Waals surface area contributed by atoms with Crippen LogP contribution in [0.3, 0.4) is 0 Å². The first kappa shape index (κ1) is 19.9. The number of hydrogen-bond donors (Lipinski definition) is 2. The van der Waals surface area contributed by atoms with Crippen LogP contribution in [0.5, 0.6) is 0 Å². The Morgan fingerprint density at radius 3 is 2.48 bits per heavy atom. The number of aliphatic hydroxyl groups is 1. The number of amides is 2. The normalized spacial score (nSPS) is 27.0. The highest BCUT2D eigenvalue weighted by Gasteiger charge is 2.40. The van der Waals surface area contributed by atoms with Gasteiger partial charge in [-0.15, -0.1) is 0 Å². The fourth-order valence-electron chi connectivity index (χ4n) is 3.90. The van der Waals surface area contributed by atoms with Crippen molar-refractivity contribution in [1.29, 1.82) is 0 Å². The van der Waals surface area contributed by atoms with Crippen molar-refractivity contribution in [2.75, 3.05) is 13.1 Å². The van der Waals surface area contributed by atoms with Crippen molar-refractivity contribution in [1.82, 2.24) is 14.8 Å². The minimum atomic E-state index is -0.823. The topological polar surface area (TPSA) is 74.6 Å². The van der Waals surface area contributed by atoms with E-state index in [1.165, 1.54) is 0 Å². The van der Waals surface area contributed by atoms with Crippen molar-refractivity contribution in [2.24, 2.45) is 5.92 Å². The number of halogens is 1. The molecule has 0 unspecified atom stereocenters. The number of hydrogen-bond acceptors (Lipinski definition) is 3. The summed E-state index contributed by atoms with van der Waals surface area (Å²) in [5.41, 5.74) is 0.424. The van der Waals surface area contributed by atoms with Crippen LogP contribution in [0.25, 0.3) is 0 Å². The number of likely N-dealkylation sites (tertiary alicyclic amines) is 1. The number of alkyl halides is 1. The van der Waals surface area contributed by atoms with Crippen LogP contribution in [-0.4, -0.2) is 57.8 Å². The third kappa shape index (κ3) is 4.51. The number of piperidine rings is 1. The summed E-state index contributed by atoms with van der Waals surface area (Å²) in [6.45, 7) is 7.03. The van der Waals surface area contributed by atoms with Crippen LogP contribution in [0.4, 0.5) is 4.39 Å². The molecule has 0 radical (unpaired) electrons. The molecule has 7 heteroatoms. The van der Waals surface area contributed by atoms with Gasteiger partial charge in [-0.05, 0) is 52.5 Å². The Morgan fingerprint density at radius 1 is 1.22 bits per heavy atom. The zero-order valence-electron chi connectivity index (χ0n) is 16.3. The number of aliphatic hydroxyl groups excluding tert-OH is 1. The van der Waals surface area contributed by atoms with Gasteiger partial charge in [0.25, 0.3) is 5.91 Å². The van der Waals surface area contributed by atoms with E-state index < -0.39 is 18.3 Å². The number of carbonyl (C=O) groups excluding carboxylic acids is 2. The molecule has 2 fully saturated rings. The fraction of sp³-hybridized carbons (Fsp3) is 0.700. The van der Waals surface area contributed by atoms with E-state index in [1.54, 1.807) is 17.2 Å². The molecule has 1 aliphatic heterocycles. The summed E-state index contributed by atoms with van der Waals surface area (Å²) >= 11 is 0. The van der Waals surface area contributed by atoms with E-state index >= 15 is 0 Å². The molecule has 6 nitrogen and oxygen atoms in total. The van der Waals surface area contributed by atoms with Gasteiger partial charge in [-0.1, -0.05) is 0 Å². The van der Waals surface area contributed by atoms with Crippen LogP contribution < -0.4 is 5.32 Å². The largest absolute Gasteiger partial charge is 0.391 e. The summed E-state index contributed by atoms with van der Waals surface area (Å²) in [5.74, 6) is -0.592. The van der Waals surface area contributed by atoms with Crippen LogP contribution in [0.15, 0.2) is 18.5 Å². The Morgan fingerprint density at radius 2 is 1.89 bits per heavy atom. The van der Waals surface area contributed by atoms with E-state index in [1.807, 2.05) is 10.8 Å². The second-order valence-corrected chi connectivity index (χ2v) is 8.79. The van der Waals surface area contributed by atoms with Crippen molar-refractivity contribution in [3.63, 3.8) is 0 Å². The first-order valence-corrected chi connectivity index (χ1v) is 9.75. The molecule has 0 spiro atoms. The lowest BCUT2D eigenvalue weighted by molar-refractivity contribution is -0.137. The number of rotatable bonds is 3. The standard InChI is InChI=1S/C20H30FN3O3/c1-20(2,3)24-9-4-13(12-24)18(26)22-16-10-14(11-17(16)25)19(27)23-7-5-15(21)6-8-23/h4,9,12,14-17,25H,5-8,10-11H2,1-3H3,(H,22,26)/t14-,16+,17+/m0/s1. The monoisotopic (exact) mass is 379 g/mol. The summed E-state index contributed by atoms with van der Waals surface area (Å²) in [6, 6.07) is 1.31. The van der Waals surface area contributed by atoms with Crippen LogP contribution >= 0.6 is 0 Å². The van der Waals surface area contributed by atoms with Crippen LogP contribution in [0.2, 0.25) is 0 Å². The minimum Gasteiger partial charge on any atom is -0.391 e. The first-order valence-electron chi connectivity index (χ1n) is 9.75. The molecule has 2 amide bonds. The highest BCUT2D eigenvalue weighted by atomic mass is 19.1. The summed E-state index contributed by atoms with van der Waals surface area (Å²) < 4.78 is 15.2. The number of nitrogens with one attached hydrogen (secondary N) is 1. The quantitative estimate of drug-likeness (QED) is 0.844. The zero-order valence-corrected chi connectivity index (χ0v) is 16.3. The van der Waals surface area contributed by atoms with Crippen LogP contribution in [-0.2, 0) is 10.3 Å². The Bertz CT molecular complexity index is 689. The van der Waals surface area contributed by atoms with Gasteiger partial charge in [-0.25, -0.2) is 4.39 Å². The molecule has 0 bridgehead atoms. The third-order valence-electron chi connectivity index (χ3n) is 5.66. The fourth-order valence-corrected chi connectivity index (χ4v) is 3.90. The first-order chi connectivity index (χ1) is 12.6. The molecule has 1 aliphatic carbocycles. The van der Waals surface area contributed by atoms with Gasteiger partial charge >= 0.3 is 0 Å². The van der Waals surface area contributed by atoms with Gasteiger partial charge in [0.05, 0.1) is 17.7 Å². The van der Waals surface area contributed by atoms with E-state index in [0.717, 1.165) is 0 Å². The summed E-state index contributed by atoms with van der Waals surface area (Å²) in [7, 11) is 0. The summed E-state index contributed by atoms with van der Waals surface area (Å²) in [4.78, 5) is 26.9. The lowest BCUT2D eigenvalue weighted by Crippen LogP contribution is -2.42. The maximum absolute atomic E-state index is 13.3. The SMILES string of the molecule is CC(C)(C)n1ccc(C(=O)N[C@@H]2C[C@H](C(=O)N3CCC(F)CC3)C[C@H]2O)c1. The van der Waals surface area contributed by atoms with Gasteiger partial charge in [0, 0.05) is 36.9 Å². The smallest absolute Gasteiger partial charge is 0.253 e. The molecule has 27 heavy (non-hydrogen) atoms. The van der Waals surface area contributed by atoms with Gasteiger partial charge in [0.2, 0.25) is 5.91 Å². The number of nitrogens with zero attached hydrogens (tertiary/aromatic N) is 2. The van der Waals surface area contributed by atoms with Crippen molar-refractivity contribution < 1.29 is 19.1 Å². The average Bonchev–Trinajstić information content (AvgIpc) is 3.22. The molecule has 3 rings (SSSR count). The Balaban J connectivity index is 1.57. The molecule has 2 aliphatic rings. The molecule has 3 atom stereocenters. The van der Waals surface area contributed by atoms with E-state index in [0.29, 0.717) is 44.3 Å². The minimum absolute atomic E-state index is 0.0309. The highest BCUT2D eigenvalue weighted by molar-refractivity contribution is 5.94. The lowest BCUT2D eigenvalue weighted by atomic mass is 10.0. The Hall–Kier alpha value is -1.89. The molecule has 2 heterocycles. The van der Waals surface area contributed by atoms with Gasteiger partial charge in [-0.3, -0.25) is 9.59 Å². The van der Waals surface area contributed by atoms with Gasteiger partial charge in [-0.2, -0.15) is 0 Å². The van der Waals surface area contributed by atoms with Crippen molar-refractivity contribution in [3.8, 4) is 0 Å².